The van der Waals surface area contributed by atoms with E-state index in [0.29, 0.717) is 12.5 Å². The van der Waals surface area contributed by atoms with Crippen molar-refractivity contribution in [2.45, 2.75) is 45.3 Å². The number of rotatable bonds is 6. The third-order valence-corrected chi connectivity index (χ3v) is 3.51. The molecule has 1 saturated carbocycles. The number of aliphatic hydroxyl groups is 1. The maximum Gasteiger partial charge on any atom is 0.0687 e. The van der Waals surface area contributed by atoms with Gasteiger partial charge in [-0.05, 0) is 35.8 Å². The highest BCUT2D eigenvalue weighted by molar-refractivity contribution is 5.33. The van der Waals surface area contributed by atoms with Crippen LogP contribution in [0.15, 0.2) is 24.3 Å². The summed E-state index contributed by atoms with van der Waals surface area (Å²) in [6, 6.07) is 8.66. The van der Waals surface area contributed by atoms with E-state index in [2.05, 4.69) is 29.6 Å². The summed E-state index contributed by atoms with van der Waals surface area (Å²) < 4.78 is 0. The van der Waals surface area contributed by atoms with Gasteiger partial charge in [0.2, 0.25) is 0 Å². The summed E-state index contributed by atoms with van der Waals surface area (Å²) in [5.74, 6) is 1.11. The van der Waals surface area contributed by atoms with E-state index in [4.69, 9.17) is 0 Å². The van der Waals surface area contributed by atoms with Crippen LogP contribution in [0.25, 0.3) is 0 Å². The quantitative estimate of drug-likeness (QED) is 0.791. The van der Waals surface area contributed by atoms with Crippen LogP contribution in [-0.2, 0) is 6.54 Å². The maximum absolute atomic E-state index is 9.73. The Kier molecular flexibility index (Phi) is 4.19. The second-order valence-electron chi connectivity index (χ2n) is 5.42. The number of hydrogen-bond donors (Lipinski definition) is 2. The Hall–Kier alpha value is -0.860. The van der Waals surface area contributed by atoms with E-state index in [1.807, 2.05) is 13.8 Å². The zero-order chi connectivity index (χ0) is 12.3. The molecule has 0 bridgehead atoms. The van der Waals surface area contributed by atoms with Gasteiger partial charge in [-0.2, -0.15) is 0 Å². The van der Waals surface area contributed by atoms with Crippen molar-refractivity contribution in [2.75, 3.05) is 6.54 Å². The Morgan fingerprint density at radius 1 is 1.29 bits per heavy atom. The lowest BCUT2D eigenvalue weighted by Crippen LogP contribution is -2.30. The first-order valence-corrected chi connectivity index (χ1v) is 6.65. The highest BCUT2D eigenvalue weighted by Gasteiger charge is 2.25. The standard InChI is InChI=1S/C15H23NO/c1-11(2)15(17)10-16-9-13-5-3-4-6-14(13)12-7-8-12/h3-6,11-12,15-17H,7-10H2,1-2H3. The fraction of sp³-hybridized carbons (Fsp3) is 0.600. The molecular weight excluding hydrogens is 210 g/mol. The van der Waals surface area contributed by atoms with Gasteiger partial charge < -0.3 is 10.4 Å². The molecule has 0 heterocycles. The van der Waals surface area contributed by atoms with Crippen LogP contribution < -0.4 is 5.32 Å². The van der Waals surface area contributed by atoms with Gasteiger partial charge >= 0.3 is 0 Å². The van der Waals surface area contributed by atoms with Crippen molar-refractivity contribution in [1.29, 1.82) is 0 Å². The molecule has 0 radical (unpaired) electrons. The second kappa shape index (κ2) is 5.65. The van der Waals surface area contributed by atoms with E-state index in [9.17, 15) is 5.11 Å². The smallest absolute Gasteiger partial charge is 0.0687 e. The number of nitrogens with one attached hydrogen (secondary N) is 1. The van der Waals surface area contributed by atoms with Gasteiger partial charge in [0.05, 0.1) is 6.10 Å². The van der Waals surface area contributed by atoms with Gasteiger partial charge in [0.15, 0.2) is 0 Å². The minimum absolute atomic E-state index is 0.247. The van der Waals surface area contributed by atoms with Crippen LogP contribution in [0.3, 0.4) is 0 Å². The molecule has 0 saturated heterocycles. The fourth-order valence-electron chi connectivity index (χ4n) is 2.08. The normalized spacial score (nSPS) is 17.4. The van der Waals surface area contributed by atoms with E-state index in [-0.39, 0.29) is 6.10 Å². The van der Waals surface area contributed by atoms with Gasteiger partial charge in [0.1, 0.15) is 0 Å². The molecular formula is C15H23NO. The second-order valence-corrected chi connectivity index (χ2v) is 5.42. The van der Waals surface area contributed by atoms with E-state index >= 15 is 0 Å². The van der Waals surface area contributed by atoms with Crippen LogP contribution in [0.5, 0.6) is 0 Å². The minimum Gasteiger partial charge on any atom is -0.392 e. The fourth-order valence-corrected chi connectivity index (χ4v) is 2.08. The van der Waals surface area contributed by atoms with Crippen molar-refractivity contribution in [3.8, 4) is 0 Å². The first-order valence-electron chi connectivity index (χ1n) is 6.65. The molecule has 0 aliphatic heterocycles. The molecule has 1 atom stereocenters. The average molecular weight is 233 g/mol. The topological polar surface area (TPSA) is 32.3 Å². The molecule has 1 aromatic carbocycles. The van der Waals surface area contributed by atoms with Crippen LogP contribution in [0.1, 0.15) is 43.7 Å². The molecule has 2 N–H and O–H groups in total. The maximum atomic E-state index is 9.73. The molecule has 0 spiro atoms. The first-order chi connectivity index (χ1) is 8.18. The van der Waals surface area contributed by atoms with E-state index in [0.717, 1.165) is 12.5 Å². The van der Waals surface area contributed by atoms with Crippen LogP contribution >= 0.6 is 0 Å². The molecule has 2 nitrogen and oxygen atoms in total. The molecule has 1 aromatic rings. The predicted molar refractivity (Wildman–Crippen MR) is 71.0 cm³/mol. The molecule has 1 aliphatic rings. The van der Waals surface area contributed by atoms with Gasteiger partial charge in [0, 0.05) is 13.1 Å². The molecule has 0 amide bonds. The predicted octanol–water partition coefficient (Wildman–Crippen LogP) is 2.67. The Labute approximate surface area is 104 Å². The summed E-state index contributed by atoms with van der Waals surface area (Å²) >= 11 is 0. The lowest BCUT2D eigenvalue weighted by molar-refractivity contribution is 0.123. The summed E-state index contributed by atoms with van der Waals surface area (Å²) in [4.78, 5) is 0. The lowest BCUT2D eigenvalue weighted by Gasteiger charge is -2.16. The lowest BCUT2D eigenvalue weighted by atomic mass is 10.0. The van der Waals surface area contributed by atoms with E-state index < -0.39 is 0 Å². The molecule has 2 rings (SSSR count). The van der Waals surface area contributed by atoms with Crippen LogP contribution in [0.2, 0.25) is 0 Å². The Bertz CT molecular complexity index is 358. The third kappa shape index (κ3) is 3.55. The van der Waals surface area contributed by atoms with Crippen molar-refractivity contribution in [3.63, 3.8) is 0 Å². The Balaban J connectivity index is 1.86. The number of hydrogen-bond acceptors (Lipinski definition) is 2. The SMILES string of the molecule is CC(C)C(O)CNCc1ccccc1C1CC1. The first kappa shape index (κ1) is 12.6. The van der Waals surface area contributed by atoms with Gasteiger partial charge in [-0.15, -0.1) is 0 Å². The zero-order valence-corrected chi connectivity index (χ0v) is 10.8. The van der Waals surface area contributed by atoms with E-state index in [1.54, 1.807) is 0 Å². The molecule has 2 heteroatoms. The molecule has 1 aliphatic carbocycles. The minimum atomic E-state index is -0.247. The van der Waals surface area contributed by atoms with Crippen LogP contribution in [0, 0.1) is 5.92 Å². The van der Waals surface area contributed by atoms with Gasteiger partial charge in [-0.1, -0.05) is 38.1 Å². The molecule has 1 unspecified atom stereocenters. The van der Waals surface area contributed by atoms with Crippen LogP contribution in [-0.4, -0.2) is 17.8 Å². The number of benzene rings is 1. The van der Waals surface area contributed by atoms with Crippen molar-refractivity contribution in [1.82, 2.24) is 5.32 Å². The average Bonchev–Trinajstić information content (AvgIpc) is 3.13. The number of aliphatic hydroxyl groups excluding tert-OH is 1. The monoisotopic (exact) mass is 233 g/mol. The van der Waals surface area contributed by atoms with Crippen LogP contribution in [0.4, 0.5) is 0 Å². The molecule has 1 fully saturated rings. The van der Waals surface area contributed by atoms with E-state index in [1.165, 1.54) is 24.0 Å². The van der Waals surface area contributed by atoms with Crippen molar-refractivity contribution >= 4 is 0 Å². The van der Waals surface area contributed by atoms with Gasteiger partial charge in [-0.3, -0.25) is 0 Å². The summed E-state index contributed by atoms with van der Waals surface area (Å²) in [6.45, 7) is 5.64. The van der Waals surface area contributed by atoms with Crippen molar-refractivity contribution in [2.24, 2.45) is 5.92 Å². The van der Waals surface area contributed by atoms with Gasteiger partial charge in [0.25, 0.3) is 0 Å². The Morgan fingerprint density at radius 3 is 2.65 bits per heavy atom. The van der Waals surface area contributed by atoms with Crippen molar-refractivity contribution in [3.05, 3.63) is 35.4 Å². The summed E-state index contributed by atoms with van der Waals surface area (Å²) in [7, 11) is 0. The zero-order valence-electron chi connectivity index (χ0n) is 10.8. The van der Waals surface area contributed by atoms with Crippen molar-refractivity contribution < 1.29 is 5.11 Å². The molecule has 94 valence electrons. The Morgan fingerprint density at radius 2 is 2.00 bits per heavy atom. The summed E-state index contributed by atoms with van der Waals surface area (Å²) in [5, 5.41) is 13.1. The molecule has 17 heavy (non-hydrogen) atoms. The third-order valence-electron chi connectivity index (χ3n) is 3.51. The van der Waals surface area contributed by atoms with Gasteiger partial charge in [-0.25, -0.2) is 0 Å². The highest BCUT2D eigenvalue weighted by Crippen LogP contribution is 2.41. The summed E-state index contributed by atoms with van der Waals surface area (Å²) in [5.41, 5.74) is 2.89. The largest absolute Gasteiger partial charge is 0.392 e. The highest BCUT2D eigenvalue weighted by atomic mass is 16.3. The summed E-state index contributed by atoms with van der Waals surface area (Å²) in [6.07, 6.45) is 2.43. The molecule has 0 aromatic heterocycles.